The summed E-state index contributed by atoms with van der Waals surface area (Å²) in [5.74, 6) is -2.89. The van der Waals surface area contributed by atoms with Crippen LogP contribution in [0.4, 0.5) is 18.0 Å². The van der Waals surface area contributed by atoms with Crippen LogP contribution in [0.15, 0.2) is 48.8 Å². The number of rotatable bonds is 4. The Morgan fingerprint density at radius 3 is 2.54 bits per heavy atom. The number of aromatic nitrogens is 1. The van der Waals surface area contributed by atoms with Crippen molar-refractivity contribution in [3.63, 3.8) is 0 Å². The number of imide groups is 1. The van der Waals surface area contributed by atoms with Crippen LogP contribution in [0.1, 0.15) is 15.9 Å². The van der Waals surface area contributed by atoms with E-state index in [1.54, 1.807) is 22.8 Å². The largest absolute Gasteiger partial charge is 0.440 e. The van der Waals surface area contributed by atoms with Crippen LogP contribution in [-0.2, 0) is 11.3 Å². The average molecular weight is 413 g/mol. The fourth-order valence-electron chi connectivity index (χ4n) is 2.60. The van der Waals surface area contributed by atoms with Gasteiger partial charge in [0.15, 0.2) is 0 Å². The summed E-state index contributed by atoms with van der Waals surface area (Å²) in [6.07, 6.45) is -2.95. The summed E-state index contributed by atoms with van der Waals surface area (Å²) in [7, 11) is 0. The average Bonchev–Trinajstić information content (AvgIpc) is 2.89. The van der Waals surface area contributed by atoms with Crippen molar-refractivity contribution in [2.24, 2.45) is 0 Å². The van der Waals surface area contributed by atoms with Crippen molar-refractivity contribution in [3.05, 3.63) is 64.9 Å². The van der Waals surface area contributed by atoms with Gasteiger partial charge in [-0.15, -0.1) is 0 Å². The quantitative estimate of drug-likeness (QED) is 0.755. The second-order valence-electron chi connectivity index (χ2n) is 5.86. The smallest absolute Gasteiger partial charge is 0.314 e. The summed E-state index contributed by atoms with van der Waals surface area (Å²) < 4.78 is 41.4. The molecule has 0 spiro atoms. The number of carbonyl (C=O) groups excluding carboxylic acids is 3. The van der Waals surface area contributed by atoms with Crippen molar-refractivity contribution >= 4 is 29.4 Å². The standard InChI is InChI=1S/C17H12ClF3N4O3/c18-12-6-2-1-4-11(12)9-25-14(27)16(17(19,20)21,24-15(25)28)23-13(26)10-5-3-7-22-8-10/h1-8H,9H2,(H,23,26)(H,24,28)/t16-/m1/s1. The van der Waals surface area contributed by atoms with E-state index in [0.717, 1.165) is 6.20 Å². The van der Waals surface area contributed by atoms with E-state index in [9.17, 15) is 27.6 Å². The molecule has 1 aliphatic rings. The number of amides is 4. The maximum absolute atomic E-state index is 13.8. The van der Waals surface area contributed by atoms with Gasteiger partial charge in [0, 0.05) is 17.4 Å². The fourth-order valence-corrected chi connectivity index (χ4v) is 2.80. The van der Waals surface area contributed by atoms with E-state index in [1.807, 2.05) is 0 Å². The first-order valence-corrected chi connectivity index (χ1v) is 8.20. The van der Waals surface area contributed by atoms with Gasteiger partial charge in [-0.2, -0.15) is 13.2 Å². The first-order valence-electron chi connectivity index (χ1n) is 7.82. The molecule has 0 saturated carbocycles. The predicted octanol–water partition coefficient (Wildman–Crippen LogP) is 2.48. The first kappa shape index (κ1) is 19.6. The third kappa shape index (κ3) is 3.38. The molecule has 1 aromatic heterocycles. The lowest BCUT2D eigenvalue weighted by atomic mass is 10.1. The Balaban J connectivity index is 1.93. The summed E-state index contributed by atoms with van der Waals surface area (Å²) in [6.45, 7) is -0.495. The molecule has 1 aliphatic heterocycles. The maximum Gasteiger partial charge on any atom is 0.440 e. The number of pyridine rings is 1. The number of urea groups is 1. The summed E-state index contributed by atoms with van der Waals surface area (Å²) in [5, 5.41) is 3.34. The van der Waals surface area contributed by atoms with Crippen molar-refractivity contribution in [1.29, 1.82) is 0 Å². The number of carbonyl (C=O) groups is 3. The highest BCUT2D eigenvalue weighted by atomic mass is 35.5. The molecule has 1 saturated heterocycles. The van der Waals surface area contributed by atoms with Gasteiger partial charge in [0.2, 0.25) is 0 Å². The zero-order chi connectivity index (χ0) is 20.5. The van der Waals surface area contributed by atoms with Crippen LogP contribution in [0, 0.1) is 0 Å². The molecular weight excluding hydrogens is 401 g/mol. The molecule has 7 nitrogen and oxygen atoms in total. The van der Waals surface area contributed by atoms with E-state index in [-0.39, 0.29) is 16.1 Å². The molecule has 2 heterocycles. The SMILES string of the molecule is O=C(N[C@@]1(C(F)(F)F)NC(=O)N(Cc2ccccc2Cl)C1=O)c1cccnc1. The number of halogens is 4. The topological polar surface area (TPSA) is 91.4 Å². The van der Waals surface area contributed by atoms with Crippen LogP contribution in [-0.4, -0.2) is 39.6 Å². The van der Waals surface area contributed by atoms with E-state index < -0.39 is 36.2 Å². The first-order chi connectivity index (χ1) is 13.2. The molecule has 28 heavy (non-hydrogen) atoms. The zero-order valence-electron chi connectivity index (χ0n) is 14.0. The van der Waals surface area contributed by atoms with Crippen LogP contribution in [0.3, 0.4) is 0 Å². The minimum atomic E-state index is -5.30. The molecule has 1 fully saturated rings. The monoisotopic (exact) mass is 412 g/mol. The van der Waals surface area contributed by atoms with Gasteiger partial charge in [-0.3, -0.25) is 24.8 Å². The number of alkyl halides is 3. The van der Waals surface area contributed by atoms with Gasteiger partial charge in [-0.05, 0) is 23.8 Å². The number of hydrogen-bond acceptors (Lipinski definition) is 4. The zero-order valence-corrected chi connectivity index (χ0v) is 14.7. The molecule has 146 valence electrons. The molecule has 1 atom stereocenters. The highest BCUT2D eigenvalue weighted by Crippen LogP contribution is 2.35. The number of benzene rings is 1. The molecule has 1 aromatic carbocycles. The lowest BCUT2D eigenvalue weighted by Gasteiger charge is -2.29. The van der Waals surface area contributed by atoms with Crippen molar-refractivity contribution in [2.45, 2.75) is 18.4 Å². The van der Waals surface area contributed by atoms with Crippen LogP contribution in [0.5, 0.6) is 0 Å². The van der Waals surface area contributed by atoms with Crippen molar-refractivity contribution in [1.82, 2.24) is 20.5 Å². The Morgan fingerprint density at radius 2 is 1.93 bits per heavy atom. The Morgan fingerprint density at radius 1 is 1.21 bits per heavy atom. The van der Waals surface area contributed by atoms with Gasteiger partial charge in [0.1, 0.15) is 0 Å². The number of hydrogen-bond donors (Lipinski definition) is 2. The third-order valence-corrected chi connectivity index (χ3v) is 4.41. The van der Waals surface area contributed by atoms with Crippen LogP contribution in [0.25, 0.3) is 0 Å². The molecule has 0 aliphatic carbocycles. The Bertz CT molecular complexity index is 939. The van der Waals surface area contributed by atoms with Gasteiger partial charge in [-0.1, -0.05) is 29.8 Å². The molecule has 11 heteroatoms. The van der Waals surface area contributed by atoms with Crippen molar-refractivity contribution < 1.29 is 27.6 Å². The minimum Gasteiger partial charge on any atom is -0.314 e. The number of nitrogens with one attached hydrogen (secondary N) is 2. The van der Waals surface area contributed by atoms with Crippen LogP contribution >= 0.6 is 11.6 Å². The Labute approximate surface area is 161 Å². The molecular formula is C17H12ClF3N4O3. The molecule has 3 rings (SSSR count). The molecule has 2 N–H and O–H groups in total. The summed E-state index contributed by atoms with van der Waals surface area (Å²) in [4.78, 5) is 41.0. The maximum atomic E-state index is 13.8. The normalized spacial score (nSPS) is 19.5. The van der Waals surface area contributed by atoms with Crippen molar-refractivity contribution in [3.8, 4) is 0 Å². The Kier molecular flexibility index (Phi) is 4.99. The lowest BCUT2D eigenvalue weighted by Crippen LogP contribution is -2.69. The van der Waals surface area contributed by atoms with Gasteiger partial charge >= 0.3 is 12.2 Å². The van der Waals surface area contributed by atoms with Gasteiger partial charge in [0.25, 0.3) is 17.5 Å². The minimum absolute atomic E-state index is 0.173. The van der Waals surface area contributed by atoms with Crippen LogP contribution < -0.4 is 10.6 Å². The van der Waals surface area contributed by atoms with Gasteiger partial charge in [-0.25, -0.2) is 4.79 Å². The van der Waals surface area contributed by atoms with E-state index in [0.29, 0.717) is 4.90 Å². The second kappa shape index (κ2) is 7.12. The second-order valence-corrected chi connectivity index (χ2v) is 6.26. The van der Waals surface area contributed by atoms with E-state index in [2.05, 4.69) is 4.98 Å². The van der Waals surface area contributed by atoms with Gasteiger partial charge in [0.05, 0.1) is 12.1 Å². The predicted molar refractivity (Wildman–Crippen MR) is 91.0 cm³/mol. The molecule has 2 aromatic rings. The molecule has 0 radical (unpaired) electrons. The van der Waals surface area contributed by atoms with E-state index in [4.69, 9.17) is 11.6 Å². The summed E-state index contributed by atoms with van der Waals surface area (Å²) >= 11 is 5.95. The highest BCUT2D eigenvalue weighted by molar-refractivity contribution is 6.31. The summed E-state index contributed by atoms with van der Waals surface area (Å²) in [6, 6.07) is 7.32. The summed E-state index contributed by atoms with van der Waals surface area (Å²) in [5.41, 5.74) is -3.54. The van der Waals surface area contributed by atoms with Gasteiger partial charge < -0.3 is 5.32 Å². The fraction of sp³-hybridized carbons (Fsp3) is 0.176. The molecule has 0 bridgehead atoms. The van der Waals surface area contributed by atoms with Crippen molar-refractivity contribution in [2.75, 3.05) is 0 Å². The number of nitrogens with zero attached hydrogens (tertiary/aromatic N) is 2. The lowest BCUT2D eigenvalue weighted by molar-refractivity contribution is -0.200. The van der Waals surface area contributed by atoms with Crippen LogP contribution in [0.2, 0.25) is 5.02 Å². The van der Waals surface area contributed by atoms with E-state index in [1.165, 1.54) is 30.5 Å². The highest BCUT2D eigenvalue weighted by Gasteiger charge is 2.68. The Hall–Kier alpha value is -3.14. The molecule has 4 amide bonds. The third-order valence-electron chi connectivity index (χ3n) is 4.04. The molecule has 0 unspecified atom stereocenters. The van der Waals surface area contributed by atoms with E-state index >= 15 is 0 Å².